The van der Waals surface area contributed by atoms with Crippen molar-refractivity contribution >= 4 is 6.29 Å². The first-order chi connectivity index (χ1) is 4.36. The molecule has 0 radical (unpaired) electrons. The zero-order chi connectivity index (χ0) is 6.69. The van der Waals surface area contributed by atoms with E-state index in [1.165, 1.54) is 0 Å². The lowest BCUT2D eigenvalue weighted by molar-refractivity contribution is 0.108. The largest absolute Gasteiger partial charge is 0.331 e. The van der Waals surface area contributed by atoms with Crippen molar-refractivity contribution in [1.82, 2.24) is 10.1 Å². The van der Waals surface area contributed by atoms with Crippen LogP contribution < -0.4 is 0 Å². The number of hydrogen-bond donors (Lipinski definition) is 0. The number of hydrogen-bond acceptors (Lipinski definition) is 4. The van der Waals surface area contributed by atoms with Gasteiger partial charge in [0.15, 0.2) is 5.82 Å². The van der Waals surface area contributed by atoms with E-state index < -0.39 is 0 Å². The Hall–Kier alpha value is -1.19. The Balaban J connectivity index is 2.86. The quantitative estimate of drug-likeness (QED) is 0.539. The first-order valence-corrected chi connectivity index (χ1v) is 2.64. The summed E-state index contributed by atoms with van der Waals surface area (Å²) in [6.45, 7) is 1.89. The standard InChI is InChI=1S/C5H6N2O2/c1-2-4-6-5(3-8)9-7-4/h3H,2H2,1H3. The number of aldehydes is 1. The van der Waals surface area contributed by atoms with Crippen LogP contribution in [0.4, 0.5) is 0 Å². The first kappa shape index (κ1) is 5.94. The minimum atomic E-state index is 0.0480. The minimum absolute atomic E-state index is 0.0480. The Morgan fingerprint density at radius 1 is 1.78 bits per heavy atom. The van der Waals surface area contributed by atoms with Crippen molar-refractivity contribution in [3.05, 3.63) is 11.7 Å². The van der Waals surface area contributed by atoms with Gasteiger partial charge in [0.2, 0.25) is 6.29 Å². The number of aromatic nitrogens is 2. The molecule has 0 bridgehead atoms. The van der Waals surface area contributed by atoms with Gasteiger partial charge in [-0.3, -0.25) is 4.79 Å². The predicted octanol–water partition coefficient (Wildman–Crippen LogP) is 0.445. The maximum absolute atomic E-state index is 9.94. The van der Waals surface area contributed by atoms with Gasteiger partial charge in [-0.25, -0.2) is 0 Å². The van der Waals surface area contributed by atoms with Gasteiger partial charge in [0.1, 0.15) is 0 Å². The number of carbonyl (C=O) groups excluding carboxylic acids is 1. The highest BCUT2D eigenvalue weighted by molar-refractivity contribution is 5.66. The highest BCUT2D eigenvalue weighted by Crippen LogP contribution is 1.92. The Morgan fingerprint density at radius 3 is 2.89 bits per heavy atom. The van der Waals surface area contributed by atoms with Crippen LogP contribution in [-0.2, 0) is 6.42 Å². The van der Waals surface area contributed by atoms with Gasteiger partial charge in [-0.15, -0.1) is 0 Å². The zero-order valence-corrected chi connectivity index (χ0v) is 5.00. The molecule has 0 aliphatic rings. The van der Waals surface area contributed by atoms with Gasteiger partial charge in [-0.05, 0) is 0 Å². The topological polar surface area (TPSA) is 56.0 Å². The summed E-state index contributed by atoms with van der Waals surface area (Å²) in [7, 11) is 0. The molecule has 0 atom stereocenters. The van der Waals surface area contributed by atoms with E-state index in [4.69, 9.17) is 0 Å². The molecule has 1 aromatic rings. The molecular formula is C5H6N2O2. The molecule has 0 spiro atoms. The van der Waals surface area contributed by atoms with E-state index in [0.29, 0.717) is 18.5 Å². The fourth-order valence-electron chi connectivity index (χ4n) is 0.459. The summed E-state index contributed by atoms with van der Waals surface area (Å²) in [6.07, 6.45) is 1.23. The van der Waals surface area contributed by atoms with Crippen LogP contribution in [0.25, 0.3) is 0 Å². The summed E-state index contributed by atoms with van der Waals surface area (Å²) < 4.78 is 4.48. The molecule has 4 nitrogen and oxygen atoms in total. The summed E-state index contributed by atoms with van der Waals surface area (Å²) in [5, 5.41) is 3.49. The van der Waals surface area contributed by atoms with Crippen molar-refractivity contribution in [2.45, 2.75) is 13.3 Å². The average Bonchev–Trinajstić information content (AvgIpc) is 2.34. The third kappa shape index (κ3) is 1.13. The Morgan fingerprint density at radius 2 is 2.56 bits per heavy atom. The lowest BCUT2D eigenvalue weighted by Crippen LogP contribution is -1.82. The highest BCUT2D eigenvalue weighted by atomic mass is 16.5. The Bertz CT molecular complexity index is 206. The SMILES string of the molecule is CCc1noc(C=O)n1. The fraction of sp³-hybridized carbons (Fsp3) is 0.400. The summed E-state index contributed by atoms with van der Waals surface area (Å²) in [5.41, 5.74) is 0. The van der Waals surface area contributed by atoms with E-state index in [9.17, 15) is 4.79 Å². The van der Waals surface area contributed by atoms with Gasteiger partial charge in [0.25, 0.3) is 5.89 Å². The maximum Gasteiger partial charge on any atom is 0.290 e. The fourth-order valence-corrected chi connectivity index (χ4v) is 0.459. The molecule has 0 aromatic carbocycles. The Labute approximate surface area is 51.9 Å². The summed E-state index contributed by atoms with van der Waals surface area (Å²) >= 11 is 0. The van der Waals surface area contributed by atoms with Crippen molar-refractivity contribution in [3.63, 3.8) is 0 Å². The zero-order valence-electron chi connectivity index (χ0n) is 5.00. The number of rotatable bonds is 2. The lowest BCUT2D eigenvalue weighted by Gasteiger charge is -1.73. The normalized spacial score (nSPS) is 9.44. The van der Waals surface area contributed by atoms with Gasteiger partial charge in [-0.1, -0.05) is 12.1 Å². The molecule has 0 saturated heterocycles. The molecule has 0 unspecified atom stereocenters. The molecule has 0 fully saturated rings. The molecule has 0 amide bonds. The molecule has 4 heteroatoms. The first-order valence-electron chi connectivity index (χ1n) is 2.64. The van der Waals surface area contributed by atoms with Crippen LogP contribution in [0.15, 0.2) is 4.52 Å². The van der Waals surface area contributed by atoms with Crippen molar-refractivity contribution in [2.24, 2.45) is 0 Å². The van der Waals surface area contributed by atoms with Crippen molar-refractivity contribution in [2.75, 3.05) is 0 Å². The molecule has 0 aliphatic carbocycles. The lowest BCUT2D eigenvalue weighted by atomic mass is 10.5. The number of aryl methyl sites for hydroxylation is 1. The molecule has 48 valence electrons. The summed E-state index contributed by atoms with van der Waals surface area (Å²) in [5.74, 6) is 0.615. The number of nitrogens with zero attached hydrogens (tertiary/aromatic N) is 2. The van der Waals surface area contributed by atoms with Crippen LogP contribution in [0.5, 0.6) is 0 Å². The van der Waals surface area contributed by atoms with E-state index in [0.717, 1.165) is 0 Å². The summed E-state index contributed by atoms with van der Waals surface area (Å²) in [4.78, 5) is 13.6. The Kier molecular flexibility index (Phi) is 1.58. The second-order valence-corrected chi connectivity index (χ2v) is 1.52. The molecular weight excluding hydrogens is 120 g/mol. The van der Waals surface area contributed by atoms with Crippen molar-refractivity contribution < 1.29 is 9.32 Å². The van der Waals surface area contributed by atoms with Crippen LogP contribution in [-0.4, -0.2) is 16.4 Å². The molecule has 1 heterocycles. The van der Waals surface area contributed by atoms with Crippen LogP contribution in [0, 0.1) is 0 Å². The van der Waals surface area contributed by atoms with Gasteiger partial charge >= 0.3 is 0 Å². The monoisotopic (exact) mass is 126 g/mol. The minimum Gasteiger partial charge on any atom is -0.331 e. The van der Waals surface area contributed by atoms with E-state index >= 15 is 0 Å². The van der Waals surface area contributed by atoms with Crippen molar-refractivity contribution in [3.8, 4) is 0 Å². The van der Waals surface area contributed by atoms with Gasteiger partial charge in [-0.2, -0.15) is 4.98 Å². The predicted molar refractivity (Wildman–Crippen MR) is 29.1 cm³/mol. The second-order valence-electron chi connectivity index (χ2n) is 1.52. The van der Waals surface area contributed by atoms with E-state index in [1.54, 1.807) is 0 Å². The van der Waals surface area contributed by atoms with Gasteiger partial charge < -0.3 is 4.52 Å². The van der Waals surface area contributed by atoms with Crippen LogP contribution in [0.3, 0.4) is 0 Å². The summed E-state index contributed by atoms with van der Waals surface area (Å²) in [6, 6.07) is 0. The molecule has 0 saturated carbocycles. The van der Waals surface area contributed by atoms with Gasteiger partial charge in [0, 0.05) is 6.42 Å². The van der Waals surface area contributed by atoms with Crippen molar-refractivity contribution in [1.29, 1.82) is 0 Å². The van der Waals surface area contributed by atoms with Gasteiger partial charge in [0.05, 0.1) is 0 Å². The molecule has 0 N–H and O–H groups in total. The molecule has 0 aliphatic heterocycles. The van der Waals surface area contributed by atoms with E-state index in [1.807, 2.05) is 6.92 Å². The highest BCUT2D eigenvalue weighted by Gasteiger charge is 1.99. The van der Waals surface area contributed by atoms with E-state index in [-0.39, 0.29) is 5.89 Å². The van der Waals surface area contributed by atoms with Crippen LogP contribution in [0.2, 0.25) is 0 Å². The smallest absolute Gasteiger partial charge is 0.290 e. The number of carbonyl (C=O) groups is 1. The molecule has 9 heavy (non-hydrogen) atoms. The third-order valence-electron chi connectivity index (χ3n) is 0.901. The van der Waals surface area contributed by atoms with Crippen LogP contribution >= 0.6 is 0 Å². The maximum atomic E-state index is 9.94. The second kappa shape index (κ2) is 2.39. The van der Waals surface area contributed by atoms with E-state index in [2.05, 4.69) is 14.7 Å². The average molecular weight is 126 g/mol. The van der Waals surface area contributed by atoms with Crippen LogP contribution in [0.1, 0.15) is 23.4 Å². The molecule has 1 rings (SSSR count). The third-order valence-corrected chi connectivity index (χ3v) is 0.901. The molecule has 1 aromatic heterocycles.